The highest BCUT2D eigenvalue weighted by molar-refractivity contribution is 7.91. The van der Waals surface area contributed by atoms with Crippen molar-refractivity contribution in [1.29, 1.82) is 0 Å². The SMILES string of the molecule is CC(C)(O)c1ccc(S(N)(=O)=NC(N)=O)c(F)c1. The van der Waals surface area contributed by atoms with Crippen LogP contribution >= 0.6 is 0 Å². The normalized spacial score (nSPS) is 14.9. The van der Waals surface area contributed by atoms with E-state index in [-0.39, 0.29) is 5.56 Å². The molecule has 0 aliphatic carbocycles. The van der Waals surface area contributed by atoms with E-state index in [9.17, 15) is 18.5 Å². The zero-order valence-electron chi connectivity index (χ0n) is 9.88. The van der Waals surface area contributed by atoms with Crippen molar-refractivity contribution >= 4 is 15.9 Å². The van der Waals surface area contributed by atoms with Crippen molar-refractivity contribution in [3.8, 4) is 0 Å². The van der Waals surface area contributed by atoms with Gasteiger partial charge in [0.25, 0.3) is 0 Å². The molecule has 100 valence electrons. The average molecular weight is 275 g/mol. The molecule has 8 heteroatoms. The maximum absolute atomic E-state index is 13.7. The Hall–Kier alpha value is -1.51. The van der Waals surface area contributed by atoms with Crippen LogP contribution in [0.1, 0.15) is 19.4 Å². The van der Waals surface area contributed by atoms with Crippen LogP contribution in [0.3, 0.4) is 0 Å². The van der Waals surface area contributed by atoms with Gasteiger partial charge in [-0.2, -0.15) is 0 Å². The molecule has 0 fully saturated rings. The predicted octanol–water partition coefficient (Wildman–Crippen LogP) is 0.832. The number of primary amides is 1. The Bertz CT molecular complexity index is 601. The van der Waals surface area contributed by atoms with Crippen LogP contribution in [0.25, 0.3) is 0 Å². The fraction of sp³-hybridized carbons (Fsp3) is 0.300. The van der Waals surface area contributed by atoms with Gasteiger partial charge in [0.2, 0.25) is 0 Å². The molecule has 0 saturated heterocycles. The van der Waals surface area contributed by atoms with Gasteiger partial charge in [-0.1, -0.05) is 6.07 Å². The van der Waals surface area contributed by atoms with Gasteiger partial charge >= 0.3 is 6.03 Å². The molecule has 0 aromatic heterocycles. The Morgan fingerprint density at radius 2 is 2.06 bits per heavy atom. The van der Waals surface area contributed by atoms with Crippen LogP contribution in [0.2, 0.25) is 0 Å². The van der Waals surface area contributed by atoms with Crippen molar-refractivity contribution in [2.75, 3.05) is 0 Å². The minimum Gasteiger partial charge on any atom is -0.386 e. The highest BCUT2D eigenvalue weighted by Crippen LogP contribution is 2.24. The number of nitrogens with two attached hydrogens (primary N) is 2. The third kappa shape index (κ3) is 3.25. The molecule has 1 unspecified atom stereocenters. The predicted molar refractivity (Wildman–Crippen MR) is 64.3 cm³/mol. The number of aliphatic hydroxyl groups is 1. The van der Waals surface area contributed by atoms with E-state index in [4.69, 9.17) is 10.9 Å². The van der Waals surface area contributed by atoms with Crippen molar-refractivity contribution in [3.05, 3.63) is 29.6 Å². The molecule has 0 aliphatic heterocycles. The van der Waals surface area contributed by atoms with E-state index >= 15 is 0 Å². The van der Waals surface area contributed by atoms with E-state index in [1.165, 1.54) is 19.9 Å². The maximum Gasteiger partial charge on any atom is 0.347 e. The number of hydrogen-bond donors (Lipinski definition) is 3. The van der Waals surface area contributed by atoms with Gasteiger partial charge in [-0.3, -0.25) is 0 Å². The second-order valence-corrected chi connectivity index (χ2v) is 5.96. The van der Waals surface area contributed by atoms with Crippen molar-refractivity contribution in [2.24, 2.45) is 15.2 Å². The first-order valence-electron chi connectivity index (χ1n) is 4.91. The molecule has 18 heavy (non-hydrogen) atoms. The number of rotatable bonds is 2. The first-order valence-corrected chi connectivity index (χ1v) is 6.48. The third-order valence-corrected chi connectivity index (χ3v) is 3.59. The van der Waals surface area contributed by atoms with E-state index in [1.807, 2.05) is 0 Å². The van der Waals surface area contributed by atoms with Crippen molar-refractivity contribution < 1.29 is 18.5 Å². The molecule has 0 heterocycles. The molecular formula is C10H14FN3O3S. The summed E-state index contributed by atoms with van der Waals surface area (Å²) >= 11 is 0. The van der Waals surface area contributed by atoms with Gasteiger partial charge in [-0.15, -0.1) is 4.36 Å². The summed E-state index contributed by atoms with van der Waals surface area (Å²) in [5.74, 6) is -0.924. The first-order chi connectivity index (χ1) is 8.04. The number of nitrogens with zero attached hydrogens (tertiary/aromatic N) is 1. The fourth-order valence-corrected chi connectivity index (χ4v) is 2.27. The van der Waals surface area contributed by atoms with Gasteiger partial charge in [-0.25, -0.2) is 18.5 Å². The molecule has 0 bridgehead atoms. The second-order valence-electron chi connectivity index (χ2n) is 4.20. The highest BCUT2D eigenvalue weighted by Gasteiger charge is 2.20. The summed E-state index contributed by atoms with van der Waals surface area (Å²) in [4.78, 5) is 10.1. The van der Waals surface area contributed by atoms with Crippen molar-refractivity contribution in [2.45, 2.75) is 24.3 Å². The molecular weight excluding hydrogens is 261 g/mol. The lowest BCUT2D eigenvalue weighted by Crippen LogP contribution is -2.20. The van der Waals surface area contributed by atoms with E-state index < -0.39 is 32.3 Å². The van der Waals surface area contributed by atoms with Crippen LogP contribution in [-0.2, 0) is 15.5 Å². The largest absolute Gasteiger partial charge is 0.386 e. The number of urea groups is 1. The van der Waals surface area contributed by atoms with Crippen LogP contribution in [0.4, 0.5) is 9.18 Å². The summed E-state index contributed by atoms with van der Waals surface area (Å²) in [6, 6.07) is 2.20. The second kappa shape index (κ2) is 4.63. The van der Waals surface area contributed by atoms with Crippen LogP contribution < -0.4 is 10.9 Å². The molecule has 0 saturated carbocycles. The Balaban J connectivity index is 3.40. The number of halogens is 1. The minimum absolute atomic E-state index is 0.276. The van der Waals surface area contributed by atoms with Gasteiger partial charge in [0, 0.05) is 0 Å². The number of carbonyl (C=O) groups is 1. The van der Waals surface area contributed by atoms with Crippen LogP contribution in [0.15, 0.2) is 27.5 Å². The van der Waals surface area contributed by atoms with Gasteiger partial charge in [0.15, 0.2) is 0 Å². The Labute approximate surface area is 104 Å². The van der Waals surface area contributed by atoms with E-state index in [2.05, 4.69) is 4.36 Å². The van der Waals surface area contributed by atoms with Gasteiger partial charge in [0.1, 0.15) is 15.7 Å². The quantitative estimate of drug-likeness (QED) is 0.741. The topological polar surface area (TPSA) is 119 Å². The van der Waals surface area contributed by atoms with E-state index in [0.29, 0.717) is 0 Å². The molecule has 2 amide bonds. The molecule has 5 N–H and O–H groups in total. The molecule has 6 nitrogen and oxygen atoms in total. The van der Waals surface area contributed by atoms with Crippen LogP contribution in [0.5, 0.6) is 0 Å². The molecule has 0 spiro atoms. The van der Waals surface area contributed by atoms with Crippen LogP contribution in [-0.4, -0.2) is 15.3 Å². The number of carbonyl (C=O) groups excluding carboxylic acids is 1. The highest BCUT2D eigenvalue weighted by atomic mass is 32.2. The Morgan fingerprint density at radius 3 is 2.44 bits per heavy atom. The van der Waals surface area contributed by atoms with Crippen LogP contribution in [0, 0.1) is 5.82 Å². The first kappa shape index (κ1) is 14.6. The zero-order valence-corrected chi connectivity index (χ0v) is 10.7. The molecule has 1 aromatic carbocycles. The molecule has 1 aromatic rings. The number of benzene rings is 1. The minimum atomic E-state index is -3.71. The fourth-order valence-electron chi connectivity index (χ4n) is 1.30. The lowest BCUT2D eigenvalue weighted by Gasteiger charge is -2.18. The number of hydrogen-bond acceptors (Lipinski definition) is 3. The summed E-state index contributed by atoms with van der Waals surface area (Å²) in [5.41, 5.74) is 3.76. The monoisotopic (exact) mass is 275 g/mol. The summed E-state index contributed by atoms with van der Waals surface area (Å²) in [7, 11) is -3.71. The molecule has 1 rings (SSSR count). The van der Waals surface area contributed by atoms with Gasteiger partial charge in [0.05, 0.1) is 10.5 Å². The van der Waals surface area contributed by atoms with E-state index in [0.717, 1.165) is 12.1 Å². The smallest absolute Gasteiger partial charge is 0.347 e. The zero-order chi connectivity index (χ0) is 14.1. The molecule has 1 atom stereocenters. The third-order valence-electron chi connectivity index (χ3n) is 2.18. The maximum atomic E-state index is 13.7. The van der Waals surface area contributed by atoms with Gasteiger partial charge in [-0.05, 0) is 31.5 Å². The lowest BCUT2D eigenvalue weighted by molar-refractivity contribution is 0.0781. The lowest BCUT2D eigenvalue weighted by atomic mass is 9.99. The standard InChI is InChI=1S/C10H14FN3O3S/c1-10(2,16)6-3-4-8(7(11)5-6)18(13,17)14-9(12)15/h3-5,16H,1-2H3,(H4,12,13,14,15,17). The van der Waals surface area contributed by atoms with Crippen molar-refractivity contribution in [3.63, 3.8) is 0 Å². The van der Waals surface area contributed by atoms with Gasteiger partial charge < -0.3 is 10.8 Å². The average Bonchev–Trinajstić information content (AvgIpc) is 2.13. The summed E-state index contributed by atoms with van der Waals surface area (Å²) < 4.78 is 28.5. The van der Waals surface area contributed by atoms with E-state index in [1.54, 1.807) is 0 Å². The summed E-state index contributed by atoms with van der Waals surface area (Å²) in [6.07, 6.45) is 0. The molecule has 0 radical (unpaired) electrons. The Morgan fingerprint density at radius 1 is 1.50 bits per heavy atom. The summed E-state index contributed by atoms with van der Waals surface area (Å²) in [5, 5.41) is 14.9. The summed E-state index contributed by atoms with van der Waals surface area (Å²) in [6.45, 7) is 2.93. The Kier molecular flexibility index (Phi) is 3.75. The molecule has 0 aliphatic rings. The number of amides is 2. The van der Waals surface area contributed by atoms with Crippen molar-refractivity contribution in [1.82, 2.24) is 0 Å².